The summed E-state index contributed by atoms with van der Waals surface area (Å²) in [5, 5.41) is 0. The van der Waals surface area contributed by atoms with Crippen molar-refractivity contribution in [1.82, 2.24) is 14.9 Å². The molecule has 3 aliphatic heterocycles. The fraction of sp³-hybridized carbons (Fsp3) is 0.0370. The Bertz CT molecular complexity index is 2850. The molecule has 3 aliphatic rings. The summed E-state index contributed by atoms with van der Waals surface area (Å²) in [7, 11) is 0. The van der Waals surface area contributed by atoms with Crippen molar-refractivity contribution in [2.75, 3.05) is 0 Å². The van der Waals surface area contributed by atoms with Crippen molar-refractivity contribution < 1.29 is 0 Å². The largest absolute Gasteiger partial charge is 0.308 e. The average Bonchev–Trinajstić information content (AvgIpc) is 3.71. The summed E-state index contributed by atoms with van der Waals surface area (Å²) < 4.78 is 0. The van der Waals surface area contributed by atoms with Gasteiger partial charge in [0.15, 0.2) is 12.0 Å². The minimum atomic E-state index is -0.134. The lowest BCUT2D eigenvalue weighted by molar-refractivity contribution is 0.393. The molecular formula is C54H37N5. The van der Waals surface area contributed by atoms with E-state index in [0.29, 0.717) is 5.82 Å². The van der Waals surface area contributed by atoms with Gasteiger partial charge in [-0.2, -0.15) is 0 Å². The highest BCUT2D eigenvalue weighted by atomic mass is 15.3. The van der Waals surface area contributed by atoms with Crippen LogP contribution in [0, 0.1) is 0 Å². The third-order valence-electron chi connectivity index (χ3n) is 11.4. The third kappa shape index (κ3) is 6.30. The number of hydrogen-bond donors (Lipinski definition) is 0. The number of hydrogen-bond acceptors (Lipinski definition) is 5. The van der Waals surface area contributed by atoms with Gasteiger partial charge in [-0.15, -0.1) is 0 Å². The number of amidine groups is 1. The molecule has 2 unspecified atom stereocenters. The van der Waals surface area contributed by atoms with Crippen LogP contribution in [0.3, 0.4) is 0 Å². The van der Waals surface area contributed by atoms with Gasteiger partial charge < -0.3 is 4.90 Å². The van der Waals surface area contributed by atoms with Gasteiger partial charge in [0.1, 0.15) is 11.9 Å². The molecule has 1 aromatic heterocycles. The van der Waals surface area contributed by atoms with Gasteiger partial charge in [-0.3, -0.25) is 9.98 Å². The highest BCUT2D eigenvalue weighted by Gasteiger charge is 2.40. The molecule has 0 aliphatic carbocycles. The molecule has 0 fully saturated rings. The first-order chi connectivity index (χ1) is 29.2. The summed E-state index contributed by atoms with van der Waals surface area (Å²) >= 11 is 0. The lowest BCUT2D eigenvalue weighted by Gasteiger charge is -2.30. The summed E-state index contributed by atoms with van der Waals surface area (Å²) in [6.07, 6.45) is 8.11. The summed E-state index contributed by atoms with van der Waals surface area (Å²) in [5.41, 5.74) is 15.7. The Kier molecular flexibility index (Phi) is 8.55. The van der Waals surface area contributed by atoms with Crippen LogP contribution in [0.4, 0.5) is 0 Å². The van der Waals surface area contributed by atoms with Gasteiger partial charge in [0, 0.05) is 39.6 Å². The van der Waals surface area contributed by atoms with E-state index < -0.39 is 0 Å². The second-order valence-electron chi connectivity index (χ2n) is 15.0. The standard InChI is InChI=1S/C54H37N5/c1-4-14-36(15-5-1)38-23-29-42(30-24-38)50-48(51(57-53(56-50)44-18-8-3-9-19-44)43-31-25-39(26-32-43)37-16-6-2-7-17-37)40-27-33-41(34-28-40)49-45-20-10-11-21-46(45)52-54(58-49)59-35-13-12-22-47(59)55-52/h1-35,52,54H. The summed E-state index contributed by atoms with van der Waals surface area (Å²) in [5.74, 6) is 1.63. The van der Waals surface area contributed by atoms with E-state index in [4.69, 9.17) is 20.0 Å². The number of nitrogens with zero attached hydrogens (tertiary/aromatic N) is 5. The molecule has 0 bridgehead atoms. The van der Waals surface area contributed by atoms with Crippen LogP contribution in [0.15, 0.2) is 222 Å². The van der Waals surface area contributed by atoms with E-state index in [1.807, 2.05) is 36.4 Å². The topological polar surface area (TPSA) is 53.7 Å². The fourth-order valence-electron chi connectivity index (χ4n) is 8.47. The number of allylic oxidation sites excluding steroid dienone is 2. The highest BCUT2D eigenvalue weighted by Crippen LogP contribution is 2.43. The number of fused-ring (bicyclic) bond motifs is 5. The zero-order valence-corrected chi connectivity index (χ0v) is 32.1. The second-order valence-corrected chi connectivity index (χ2v) is 15.0. The van der Waals surface area contributed by atoms with Crippen molar-refractivity contribution in [3.05, 3.63) is 229 Å². The molecule has 4 heterocycles. The van der Waals surface area contributed by atoms with Crippen LogP contribution in [0.2, 0.25) is 0 Å². The summed E-state index contributed by atoms with van der Waals surface area (Å²) in [6, 6.07) is 66.1. The van der Waals surface area contributed by atoms with Crippen molar-refractivity contribution in [3.8, 4) is 67.3 Å². The van der Waals surface area contributed by atoms with Crippen LogP contribution in [0.1, 0.15) is 22.7 Å². The molecule has 0 saturated carbocycles. The van der Waals surface area contributed by atoms with Crippen LogP contribution < -0.4 is 0 Å². The molecule has 278 valence electrons. The molecular weight excluding hydrogens is 719 g/mol. The number of aromatic nitrogens is 2. The molecule has 11 rings (SSSR count). The molecule has 8 aromatic rings. The van der Waals surface area contributed by atoms with Crippen molar-refractivity contribution in [1.29, 1.82) is 0 Å². The van der Waals surface area contributed by atoms with Gasteiger partial charge in [0.05, 0.1) is 17.1 Å². The number of benzene rings is 7. The maximum atomic E-state index is 5.40. The quantitative estimate of drug-likeness (QED) is 0.163. The maximum Gasteiger partial charge on any atom is 0.160 e. The molecule has 0 N–H and O–H groups in total. The smallest absolute Gasteiger partial charge is 0.160 e. The van der Waals surface area contributed by atoms with E-state index in [0.717, 1.165) is 73.0 Å². The van der Waals surface area contributed by atoms with E-state index in [9.17, 15) is 0 Å². The van der Waals surface area contributed by atoms with Crippen LogP contribution in [0.25, 0.3) is 67.3 Å². The summed E-state index contributed by atoms with van der Waals surface area (Å²) in [4.78, 5) is 23.5. The molecule has 0 amide bonds. The number of aliphatic imine (C=N–C) groups is 2. The molecule has 0 saturated heterocycles. The van der Waals surface area contributed by atoms with Crippen LogP contribution in [-0.2, 0) is 0 Å². The van der Waals surface area contributed by atoms with Crippen molar-refractivity contribution in [2.24, 2.45) is 9.98 Å². The Morgan fingerprint density at radius 1 is 0.390 bits per heavy atom. The predicted molar refractivity (Wildman–Crippen MR) is 241 cm³/mol. The number of rotatable bonds is 7. The van der Waals surface area contributed by atoms with Crippen molar-refractivity contribution >= 4 is 11.5 Å². The van der Waals surface area contributed by atoms with Crippen LogP contribution in [-0.4, -0.2) is 32.6 Å². The monoisotopic (exact) mass is 755 g/mol. The minimum Gasteiger partial charge on any atom is -0.308 e. The molecule has 0 spiro atoms. The van der Waals surface area contributed by atoms with Gasteiger partial charge >= 0.3 is 0 Å². The molecule has 5 nitrogen and oxygen atoms in total. The Balaban J connectivity index is 1.08. The average molecular weight is 756 g/mol. The first-order valence-corrected chi connectivity index (χ1v) is 20.0. The lowest BCUT2D eigenvalue weighted by atomic mass is 9.88. The molecule has 7 aromatic carbocycles. The van der Waals surface area contributed by atoms with E-state index in [1.54, 1.807) is 0 Å². The van der Waals surface area contributed by atoms with E-state index in [-0.39, 0.29) is 12.2 Å². The van der Waals surface area contributed by atoms with Crippen molar-refractivity contribution in [2.45, 2.75) is 12.2 Å². The SMILES string of the molecule is C1=CC2=NC3c4ccccc4C(c4ccc(-c5c(-c6ccc(-c7ccccc7)cc6)nc(-c6ccccc6)nc5-c5ccc(-c6ccccc6)cc5)cc4)=NC3N2C=C1. The van der Waals surface area contributed by atoms with Crippen LogP contribution >= 0.6 is 0 Å². The highest BCUT2D eigenvalue weighted by molar-refractivity contribution is 6.15. The summed E-state index contributed by atoms with van der Waals surface area (Å²) in [6.45, 7) is 0. The Morgan fingerprint density at radius 2 is 0.864 bits per heavy atom. The molecule has 5 heteroatoms. The van der Waals surface area contributed by atoms with Gasteiger partial charge in [-0.05, 0) is 45.5 Å². The fourth-order valence-corrected chi connectivity index (χ4v) is 8.47. The molecule has 2 atom stereocenters. The second kappa shape index (κ2) is 14.6. The van der Waals surface area contributed by atoms with E-state index in [1.165, 1.54) is 16.7 Å². The van der Waals surface area contributed by atoms with E-state index in [2.05, 4.69) is 181 Å². The maximum absolute atomic E-state index is 5.40. The zero-order chi connectivity index (χ0) is 39.1. The van der Waals surface area contributed by atoms with Crippen molar-refractivity contribution in [3.63, 3.8) is 0 Å². The Hall–Kier alpha value is -7.76. The minimum absolute atomic E-state index is 0.0522. The third-order valence-corrected chi connectivity index (χ3v) is 11.4. The predicted octanol–water partition coefficient (Wildman–Crippen LogP) is 12.5. The van der Waals surface area contributed by atoms with Gasteiger partial charge in [-0.25, -0.2) is 9.97 Å². The molecule has 59 heavy (non-hydrogen) atoms. The Labute approximate surface area is 343 Å². The first-order valence-electron chi connectivity index (χ1n) is 20.0. The normalized spacial score (nSPS) is 16.2. The van der Waals surface area contributed by atoms with E-state index >= 15 is 0 Å². The van der Waals surface area contributed by atoms with Crippen LogP contribution in [0.5, 0.6) is 0 Å². The van der Waals surface area contributed by atoms with Gasteiger partial charge in [0.2, 0.25) is 0 Å². The zero-order valence-electron chi connectivity index (χ0n) is 32.1. The molecule has 0 radical (unpaired) electrons. The van der Waals surface area contributed by atoms with Gasteiger partial charge in [0.25, 0.3) is 0 Å². The lowest BCUT2D eigenvalue weighted by Crippen LogP contribution is -2.35. The first kappa shape index (κ1) is 34.5. The van der Waals surface area contributed by atoms with Gasteiger partial charge in [-0.1, -0.05) is 194 Å². The Morgan fingerprint density at radius 3 is 1.46 bits per heavy atom.